The highest BCUT2D eigenvalue weighted by Gasteiger charge is 2.28. The third kappa shape index (κ3) is 2.63. The number of carbonyl (C=O) groups excluding carboxylic acids is 1. The summed E-state index contributed by atoms with van der Waals surface area (Å²) in [5.41, 5.74) is 13.3. The van der Waals surface area contributed by atoms with Crippen molar-refractivity contribution in [3.8, 4) is 0 Å². The van der Waals surface area contributed by atoms with Crippen LogP contribution in [0.2, 0.25) is 0 Å². The minimum atomic E-state index is -0.468. The molecule has 1 aliphatic heterocycles. The van der Waals surface area contributed by atoms with Crippen molar-refractivity contribution < 1.29 is 9.18 Å². The van der Waals surface area contributed by atoms with E-state index >= 15 is 0 Å². The van der Waals surface area contributed by atoms with Crippen LogP contribution in [0.1, 0.15) is 28.4 Å². The Hall–Kier alpha value is -2.89. The van der Waals surface area contributed by atoms with Gasteiger partial charge in [-0.2, -0.15) is 5.10 Å². The molecule has 6 heteroatoms. The van der Waals surface area contributed by atoms with Gasteiger partial charge in [0.05, 0.1) is 11.7 Å². The van der Waals surface area contributed by atoms with Gasteiger partial charge < -0.3 is 11.5 Å². The van der Waals surface area contributed by atoms with Gasteiger partial charge in [-0.15, -0.1) is 0 Å². The van der Waals surface area contributed by atoms with Gasteiger partial charge in [0.2, 0.25) is 5.91 Å². The summed E-state index contributed by atoms with van der Waals surface area (Å²) in [4.78, 5) is 11.1. The molecule has 1 unspecified atom stereocenters. The minimum Gasteiger partial charge on any atom is -0.386 e. The average molecular weight is 298 g/mol. The number of hydrogen-bond donors (Lipinski definition) is 2. The summed E-state index contributed by atoms with van der Waals surface area (Å²) in [7, 11) is 0. The van der Waals surface area contributed by atoms with Crippen LogP contribution >= 0.6 is 0 Å². The number of hydrazone groups is 1. The number of amides is 1. The van der Waals surface area contributed by atoms with Crippen molar-refractivity contribution in [3.63, 3.8) is 0 Å². The molecule has 0 radical (unpaired) electrons. The van der Waals surface area contributed by atoms with Gasteiger partial charge in [-0.25, -0.2) is 4.39 Å². The lowest BCUT2D eigenvalue weighted by atomic mass is 10.0. The smallest absolute Gasteiger partial charge is 0.248 e. The molecule has 0 bridgehead atoms. The Morgan fingerprint density at radius 3 is 2.36 bits per heavy atom. The summed E-state index contributed by atoms with van der Waals surface area (Å²) in [5.74, 6) is -0.264. The number of anilines is 1. The van der Waals surface area contributed by atoms with Crippen LogP contribution in [0.3, 0.4) is 0 Å². The van der Waals surface area contributed by atoms with Crippen molar-refractivity contribution in [2.24, 2.45) is 16.6 Å². The topological polar surface area (TPSA) is 84.7 Å². The number of halogens is 1. The first-order chi connectivity index (χ1) is 10.5. The molecule has 2 aromatic carbocycles. The average Bonchev–Trinajstić information content (AvgIpc) is 2.90. The fourth-order valence-corrected chi connectivity index (χ4v) is 2.49. The van der Waals surface area contributed by atoms with Crippen molar-refractivity contribution in [1.29, 1.82) is 0 Å². The zero-order valence-corrected chi connectivity index (χ0v) is 11.7. The normalized spacial score (nSPS) is 17.4. The number of amidine groups is 1. The van der Waals surface area contributed by atoms with Crippen LogP contribution in [0.4, 0.5) is 10.1 Å². The van der Waals surface area contributed by atoms with Gasteiger partial charge >= 0.3 is 0 Å². The van der Waals surface area contributed by atoms with Crippen LogP contribution in [0, 0.1) is 5.82 Å². The molecule has 1 amide bonds. The van der Waals surface area contributed by atoms with E-state index in [0.29, 0.717) is 17.8 Å². The highest BCUT2D eigenvalue weighted by molar-refractivity contribution is 5.92. The first-order valence-electron chi connectivity index (χ1n) is 6.82. The fourth-order valence-electron chi connectivity index (χ4n) is 2.49. The first kappa shape index (κ1) is 14.1. The van der Waals surface area contributed by atoms with Crippen LogP contribution < -0.4 is 16.5 Å². The predicted molar refractivity (Wildman–Crippen MR) is 82.8 cm³/mol. The van der Waals surface area contributed by atoms with E-state index in [1.54, 1.807) is 29.3 Å². The second-order valence-corrected chi connectivity index (χ2v) is 5.12. The molecule has 0 saturated carbocycles. The van der Waals surface area contributed by atoms with Gasteiger partial charge in [0.15, 0.2) is 0 Å². The van der Waals surface area contributed by atoms with Crippen LogP contribution in [0.15, 0.2) is 53.6 Å². The number of carbonyl (C=O) groups is 1. The molecule has 4 N–H and O–H groups in total. The van der Waals surface area contributed by atoms with Crippen LogP contribution in [-0.4, -0.2) is 11.7 Å². The van der Waals surface area contributed by atoms with E-state index in [0.717, 1.165) is 11.3 Å². The SMILES string of the molecule is NC(=O)c1ccc(C2CC(N)=NN2c2ccc(F)cc2)cc1. The van der Waals surface area contributed by atoms with E-state index in [2.05, 4.69) is 5.10 Å². The molecule has 2 aromatic rings. The van der Waals surface area contributed by atoms with E-state index in [1.165, 1.54) is 12.1 Å². The molecular formula is C16H15FN4O. The molecule has 5 nitrogen and oxygen atoms in total. The lowest BCUT2D eigenvalue weighted by molar-refractivity contribution is 0.100. The third-order valence-corrected chi connectivity index (χ3v) is 3.61. The Kier molecular flexibility index (Phi) is 3.50. The molecule has 1 heterocycles. The zero-order valence-electron chi connectivity index (χ0n) is 11.7. The maximum atomic E-state index is 13.1. The van der Waals surface area contributed by atoms with Gasteiger partial charge in [-0.3, -0.25) is 9.80 Å². The largest absolute Gasteiger partial charge is 0.386 e. The molecule has 0 aliphatic carbocycles. The molecule has 112 valence electrons. The number of primary amides is 1. The predicted octanol–water partition coefficient (Wildman–Crippen LogP) is 2.15. The molecule has 0 aromatic heterocycles. The van der Waals surface area contributed by atoms with Gasteiger partial charge in [0.25, 0.3) is 0 Å². The monoisotopic (exact) mass is 298 g/mol. The molecule has 3 rings (SSSR count). The summed E-state index contributed by atoms with van der Waals surface area (Å²) in [5, 5.41) is 6.08. The second kappa shape index (κ2) is 5.48. The molecule has 22 heavy (non-hydrogen) atoms. The number of hydrogen-bond acceptors (Lipinski definition) is 4. The summed E-state index contributed by atoms with van der Waals surface area (Å²) in [6.07, 6.45) is 0.563. The fraction of sp³-hybridized carbons (Fsp3) is 0.125. The number of nitrogens with zero attached hydrogens (tertiary/aromatic N) is 2. The van der Waals surface area contributed by atoms with E-state index in [9.17, 15) is 9.18 Å². The van der Waals surface area contributed by atoms with Crippen molar-refractivity contribution in [2.75, 3.05) is 5.01 Å². The van der Waals surface area contributed by atoms with E-state index in [-0.39, 0.29) is 11.9 Å². The van der Waals surface area contributed by atoms with Gasteiger partial charge in [0, 0.05) is 12.0 Å². The Labute approximate surface area is 127 Å². The van der Waals surface area contributed by atoms with Crippen molar-refractivity contribution in [2.45, 2.75) is 12.5 Å². The van der Waals surface area contributed by atoms with Crippen LogP contribution in [-0.2, 0) is 0 Å². The minimum absolute atomic E-state index is 0.0904. The molecule has 0 spiro atoms. The number of rotatable bonds is 3. The summed E-state index contributed by atoms with van der Waals surface area (Å²) < 4.78 is 13.1. The van der Waals surface area contributed by atoms with Crippen LogP contribution in [0.25, 0.3) is 0 Å². The maximum absolute atomic E-state index is 13.1. The van der Waals surface area contributed by atoms with E-state index in [1.807, 2.05) is 12.1 Å². The quantitative estimate of drug-likeness (QED) is 0.910. The highest BCUT2D eigenvalue weighted by Crippen LogP contribution is 2.34. The Morgan fingerprint density at radius 1 is 1.14 bits per heavy atom. The lowest BCUT2D eigenvalue weighted by Crippen LogP contribution is -2.19. The molecule has 0 fully saturated rings. The Morgan fingerprint density at radius 2 is 1.77 bits per heavy atom. The standard InChI is InChI=1S/C16H15FN4O/c17-12-5-7-13(8-6-12)21-14(9-15(18)20-21)10-1-3-11(4-2-10)16(19)22/h1-8,14H,9H2,(H2,18,20)(H2,19,22). The summed E-state index contributed by atoms with van der Waals surface area (Å²) in [6, 6.07) is 13.0. The number of benzene rings is 2. The van der Waals surface area contributed by atoms with Crippen molar-refractivity contribution >= 4 is 17.4 Å². The van der Waals surface area contributed by atoms with Crippen molar-refractivity contribution in [1.82, 2.24) is 0 Å². The molecule has 1 atom stereocenters. The van der Waals surface area contributed by atoms with Gasteiger partial charge in [0.1, 0.15) is 11.7 Å². The molecule has 1 aliphatic rings. The lowest BCUT2D eigenvalue weighted by Gasteiger charge is -2.23. The molecular weight excluding hydrogens is 283 g/mol. The Balaban J connectivity index is 1.92. The molecule has 0 saturated heterocycles. The summed E-state index contributed by atoms with van der Waals surface area (Å²) >= 11 is 0. The van der Waals surface area contributed by atoms with Crippen LogP contribution in [0.5, 0.6) is 0 Å². The Bertz CT molecular complexity index is 725. The summed E-state index contributed by atoms with van der Waals surface area (Å²) in [6.45, 7) is 0. The highest BCUT2D eigenvalue weighted by atomic mass is 19.1. The van der Waals surface area contributed by atoms with Gasteiger partial charge in [-0.05, 0) is 42.0 Å². The van der Waals surface area contributed by atoms with Crippen molar-refractivity contribution in [3.05, 3.63) is 65.5 Å². The second-order valence-electron chi connectivity index (χ2n) is 5.12. The van der Waals surface area contributed by atoms with E-state index in [4.69, 9.17) is 11.5 Å². The zero-order chi connectivity index (χ0) is 15.7. The first-order valence-corrected chi connectivity index (χ1v) is 6.82. The van der Waals surface area contributed by atoms with E-state index < -0.39 is 5.91 Å². The van der Waals surface area contributed by atoms with Gasteiger partial charge in [-0.1, -0.05) is 12.1 Å². The number of nitrogens with two attached hydrogens (primary N) is 2. The third-order valence-electron chi connectivity index (χ3n) is 3.61. The maximum Gasteiger partial charge on any atom is 0.248 e.